The van der Waals surface area contributed by atoms with Crippen LogP contribution in [0.1, 0.15) is 6.92 Å². The molecule has 1 heterocycles. The molecular weight excluding hydrogens is 336 g/mol. The predicted octanol–water partition coefficient (Wildman–Crippen LogP) is 2.16. The highest BCUT2D eigenvalue weighted by Crippen LogP contribution is 2.60. The lowest BCUT2D eigenvalue weighted by Crippen LogP contribution is -2.25. The summed E-state index contributed by atoms with van der Waals surface area (Å²) in [6.45, 7) is 5.02. The van der Waals surface area contributed by atoms with Gasteiger partial charge in [0.05, 0.1) is 6.54 Å². The van der Waals surface area contributed by atoms with Gasteiger partial charge in [0.2, 0.25) is 0 Å². The average Bonchev–Trinajstić information content (AvgIpc) is 2.34. The largest absolute Gasteiger partial charge is 0.342 e. The molecule has 0 fully saturated rings. The minimum absolute atomic E-state index is 0.476. The zero-order valence-corrected chi connectivity index (χ0v) is 13.8. The Morgan fingerprint density at radius 3 is 2.33 bits per heavy atom. The standard InChI is InChI=1S/C11H17NO6P2S/c1-3-5-9-6-7-12(21-10(9)4-2)8-11(19(13,14)15)20(16,17)18/h3-7,11H,2,8H2,1H3,(H2,13,14,15)(H2,16,17,18)/b5-3-. The van der Waals surface area contributed by atoms with Gasteiger partial charge in [0.15, 0.2) is 5.40 Å². The van der Waals surface area contributed by atoms with Crippen LogP contribution >= 0.6 is 27.1 Å². The molecule has 0 aromatic carbocycles. The summed E-state index contributed by atoms with van der Waals surface area (Å²) in [6.07, 6.45) is 8.44. The van der Waals surface area contributed by atoms with Gasteiger partial charge >= 0.3 is 15.2 Å². The summed E-state index contributed by atoms with van der Waals surface area (Å²) in [4.78, 5) is 37.2. The van der Waals surface area contributed by atoms with E-state index in [1.54, 1.807) is 12.2 Å². The van der Waals surface area contributed by atoms with E-state index in [0.717, 1.165) is 22.4 Å². The molecule has 0 unspecified atom stereocenters. The summed E-state index contributed by atoms with van der Waals surface area (Å²) >= 11 is 1.11. The van der Waals surface area contributed by atoms with Crippen molar-refractivity contribution >= 4 is 27.1 Å². The van der Waals surface area contributed by atoms with Crippen molar-refractivity contribution in [3.63, 3.8) is 0 Å². The van der Waals surface area contributed by atoms with E-state index in [2.05, 4.69) is 6.58 Å². The Kier molecular flexibility index (Phi) is 6.25. The first-order valence-corrected chi connectivity index (χ1v) is 9.96. The van der Waals surface area contributed by atoms with E-state index in [4.69, 9.17) is 19.6 Å². The molecule has 0 amide bonds. The predicted molar refractivity (Wildman–Crippen MR) is 83.4 cm³/mol. The van der Waals surface area contributed by atoms with Crippen molar-refractivity contribution in [2.45, 2.75) is 12.3 Å². The van der Waals surface area contributed by atoms with Gasteiger partial charge in [-0.15, -0.1) is 0 Å². The molecule has 1 rings (SSSR count). The highest BCUT2D eigenvalue weighted by molar-refractivity contribution is 8.01. The van der Waals surface area contributed by atoms with Gasteiger partial charge in [-0.25, -0.2) is 0 Å². The molecule has 0 aromatic rings. The van der Waals surface area contributed by atoms with Gasteiger partial charge in [0.25, 0.3) is 0 Å². The smallest absolute Gasteiger partial charge is 0.324 e. The first-order chi connectivity index (χ1) is 9.59. The van der Waals surface area contributed by atoms with Crippen LogP contribution in [0.5, 0.6) is 0 Å². The van der Waals surface area contributed by atoms with Crippen LogP contribution < -0.4 is 0 Å². The van der Waals surface area contributed by atoms with Crippen molar-refractivity contribution in [3.8, 4) is 0 Å². The summed E-state index contributed by atoms with van der Waals surface area (Å²) in [5.74, 6) is 0. The summed E-state index contributed by atoms with van der Waals surface area (Å²) < 4.78 is 23.9. The lowest BCUT2D eigenvalue weighted by Gasteiger charge is -2.28. The Balaban J connectivity index is 2.96. The van der Waals surface area contributed by atoms with Crippen LogP contribution in [0.15, 0.2) is 47.6 Å². The van der Waals surface area contributed by atoms with E-state index in [-0.39, 0.29) is 0 Å². The Bertz CT molecular complexity index is 566. The molecule has 0 saturated carbocycles. The summed E-state index contributed by atoms with van der Waals surface area (Å²) in [5.41, 5.74) is 0.859. The molecule has 0 atom stereocenters. The minimum Gasteiger partial charge on any atom is -0.324 e. The number of allylic oxidation sites excluding steroid dienone is 5. The molecule has 1 aliphatic heterocycles. The molecule has 1 aliphatic rings. The Morgan fingerprint density at radius 2 is 1.90 bits per heavy atom. The summed E-state index contributed by atoms with van der Waals surface area (Å²) in [5, 5.41) is -2.06. The normalized spacial score (nSPS) is 17.1. The maximum Gasteiger partial charge on any atom is 0.342 e. The first kappa shape index (κ1) is 18.5. The zero-order valence-electron chi connectivity index (χ0n) is 11.2. The molecule has 0 radical (unpaired) electrons. The van der Waals surface area contributed by atoms with E-state index in [1.807, 2.05) is 19.1 Å². The monoisotopic (exact) mass is 353 g/mol. The van der Waals surface area contributed by atoms with E-state index in [0.29, 0.717) is 0 Å². The SMILES string of the molecule is C=CC1=C(/C=C\C)C=CN(CC(P(=O)(O)O)P(=O)(O)O)S1. The third-order valence-electron chi connectivity index (χ3n) is 2.57. The van der Waals surface area contributed by atoms with Gasteiger partial charge in [0.1, 0.15) is 0 Å². The van der Waals surface area contributed by atoms with Gasteiger partial charge < -0.3 is 23.9 Å². The molecule has 0 spiro atoms. The Hall–Kier alpha value is -0.590. The van der Waals surface area contributed by atoms with E-state index < -0.39 is 27.1 Å². The molecule has 118 valence electrons. The fourth-order valence-corrected chi connectivity index (χ4v) is 5.08. The van der Waals surface area contributed by atoms with Crippen LogP contribution in [0.4, 0.5) is 0 Å². The van der Waals surface area contributed by atoms with Crippen LogP contribution in [-0.4, -0.2) is 35.8 Å². The molecule has 0 aliphatic carbocycles. The van der Waals surface area contributed by atoms with Crippen LogP contribution in [0, 0.1) is 0 Å². The van der Waals surface area contributed by atoms with Gasteiger partial charge in [0, 0.05) is 11.1 Å². The summed E-state index contributed by atoms with van der Waals surface area (Å²) in [7, 11) is -9.86. The fourth-order valence-electron chi connectivity index (χ4n) is 1.60. The molecule has 0 aromatic heterocycles. The van der Waals surface area contributed by atoms with Crippen molar-refractivity contribution in [2.24, 2.45) is 0 Å². The second-order valence-electron chi connectivity index (χ2n) is 4.19. The van der Waals surface area contributed by atoms with Crippen LogP contribution in [0.3, 0.4) is 0 Å². The van der Waals surface area contributed by atoms with Crippen molar-refractivity contribution in [3.05, 3.63) is 47.6 Å². The van der Waals surface area contributed by atoms with Crippen LogP contribution in [0.2, 0.25) is 0 Å². The number of hydrogen-bond acceptors (Lipinski definition) is 4. The lowest BCUT2D eigenvalue weighted by atomic mass is 10.2. The van der Waals surface area contributed by atoms with Crippen molar-refractivity contribution in [1.29, 1.82) is 0 Å². The van der Waals surface area contributed by atoms with E-state index >= 15 is 0 Å². The molecule has 21 heavy (non-hydrogen) atoms. The highest BCUT2D eigenvalue weighted by Gasteiger charge is 2.44. The maximum absolute atomic E-state index is 11.3. The van der Waals surface area contributed by atoms with Gasteiger partial charge in [-0.3, -0.25) is 9.13 Å². The zero-order chi connectivity index (χ0) is 16.3. The minimum atomic E-state index is -4.93. The molecular formula is C11H17NO6P2S. The first-order valence-electron chi connectivity index (χ1n) is 5.82. The van der Waals surface area contributed by atoms with E-state index in [1.165, 1.54) is 10.5 Å². The van der Waals surface area contributed by atoms with E-state index in [9.17, 15) is 9.13 Å². The number of hydrogen-bond donors (Lipinski definition) is 4. The van der Waals surface area contributed by atoms with Crippen molar-refractivity contribution < 1.29 is 28.7 Å². The van der Waals surface area contributed by atoms with Crippen LogP contribution in [0.25, 0.3) is 0 Å². The lowest BCUT2D eigenvalue weighted by molar-refractivity contribution is 0.332. The molecule has 0 saturated heterocycles. The Morgan fingerprint density at radius 1 is 1.33 bits per heavy atom. The third-order valence-corrected chi connectivity index (χ3v) is 7.36. The van der Waals surface area contributed by atoms with Crippen molar-refractivity contribution in [1.82, 2.24) is 4.31 Å². The Labute approximate surface area is 127 Å². The van der Waals surface area contributed by atoms with Crippen LogP contribution in [-0.2, 0) is 9.13 Å². The van der Waals surface area contributed by atoms with Crippen molar-refractivity contribution in [2.75, 3.05) is 6.54 Å². The number of nitrogens with zero attached hydrogens (tertiary/aromatic N) is 1. The quantitative estimate of drug-likeness (QED) is 0.424. The number of rotatable bonds is 6. The third kappa shape index (κ3) is 5.27. The van der Waals surface area contributed by atoms with Gasteiger partial charge in [-0.05, 0) is 30.5 Å². The highest BCUT2D eigenvalue weighted by atomic mass is 32.2. The van der Waals surface area contributed by atoms with Gasteiger partial charge in [-0.1, -0.05) is 24.8 Å². The fraction of sp³-hybridized carbons (Fsp3) is 0.273. The topological polar surface area (TPSA) is 118 Å². The van der Waals surface area contributed by atoms with Gasteiger partial charge in [-0.2, -0.15) is 0 Å². The molecule has 0 bridgehead atoms. The second kappa shape index (κ2) is 7.11. The molecule has 4 N–H and O–H groups in total. The maximum atomic E-state index is 11.3. The molecule has 7 nitrogen and oxygen atoms in total. The average molecular weight is 353 g/mol. The second-order valence-corrected chi connectivity index (χ2v) is 9.29. The summed E-state index contributed by atoms with van der Waals surface area (Å²) in [6, 6.07) is 0. The molecule has 10 heteroatoms.